The van der Waals surface area contributed by atoms with Crippen LogP contribution in [0.25, 0.3) is 0 Å². The fourth-order valence-corrected chi connectivity index (χ4v) is 2.25. The van der Waals surface area contributed by atoms with E-state index in [9.17, 15) is 9.59 Å². The molecule has 112 valence electrons. The molecule has 0 spiro atoms. The van der Waals surface area contributed by atoms with Gasteiger partial charge in [-0.2, -0.15) is 0 Å². The van der Waals surface area contributed by atoms with E-state index >= 15 is 0 Å². The predicted octanol–water partition coefficient (Wildman–Crippen LogP) is -0.596. The molecular weight excluding hydrogens is 272 g/mol. The Bertz CT molecular complexity index is 605. The SMILES string of the molecule is C#CCN1CCCC[C@@H]1C(=O)NNc1nnc(C)c(=O)[nH]1. The van der Waals surface area contributed by atoms with Gasteiger partial charge in [-0.05, 0) is 26.3 Å². The second-order valence-corrected chi connectivity index (χ2v) is 4.89. The highest BCUT2D eigenvalue weighted by Gasteiger charge is 2.28. The molecule has 0 aliphatic carbocycles. The number of hydrogen-bond donors (Lipinski definition) is 3. The van der Waals surface area contributed by atoms with Crippen LogP contribution in [0.15, 0.2) is 4.79 Å². The van der Waals surface area contributed by atoms with Gasteiger partial charge in [0, 0.05) is 0 Å². The second kappa shape index (κ2) is 6.85. The van der Waals surface area contributed by atoms with Crippen LogP contribution in [0.3, 0.4) is 0 Å². The molecule has 1 aromatic heterocycles. The summed E-state index contributed by atoms with van der Waals surface area (Å²) in [6.45, 7) is 2.80. The first kappa shape index (κ1) is 15.0. The number of hydrogen-bond acceptors (Lipinski definition) is 6. The first-order valence-electron chi connectivity index (χ1n) is 6.79. The van der Waals surface area contributed by atoms with Crippen molar-refractivity contribution < 1.29 is 4.79 Å². The van der Waals surface area contributed by atoms with Crippen LogP contribution in [-0.4, -0.2) is 45.1 Å². The minimum atomic E-state index is -0.353. The lowest BCUT2D eigenvalue weighted by Gasteiger charge is -2.33. The fraction of sp³-hybridized carbons (Fsp3) is 0.538. The number of aryl methyl sites for hydroxylation is 1. The molecule has 1 aliphatic heterocycles. The largest absolute Gasteiger partial charge is 0.288 e. The smallest absolute Gasteiger partial charge is 0.274 e. The summed E-state index contributed by atoms with van der Waals surface area (Å²) < 4.78 is 0. The van der Waals surface area contributed by atoms with Crippen LogP contribution >= 0.6 is 0 Å². The van der Waals surface area contributed by atoms with E-state index in [1.807, 2.05) is 4.90 Å². The third-order valence-corrected chi connectivity index (χ3v) is 3.38. The Morgan fingerprint density at radius 2 is 2.33 bits per heavy atom. The molecule has 8 nitrogen and oxygen atoms in total. The van der Waals surface area contributed by atoms with E-state index in [-0.39, 0.29) is 29.2 Å². The monoisotopic (exact) mass is 290 g/mol. The molecule has 2 heterocycles. The molecule has 1 amide bonds. The number of rotatable bonds is 4. The molecule has 21 heavy (non-hydrogen) atoms. The summed E-state index contributed by atoms with van der Waals surface area (Å²) in [4.78, 5) is 28.0. The first-order valence-corrected chi connectivity index (χ1v) is 6.79. The van der Waals surface area contributed by atoms with Gasteiger partial charge in [0.25, 0.3) is 11.5 Å². The van der Waals surface area contributed by atoms with E-state index in [0.717, 1.165) is 25.8 Å². The van der Waals surface area contributed by atoms with Gasteiger partial charge < -0.3 is 0 Å². The maximum absolute atomic E-state index is 12.2. The van der Waals surface area contributed by atoms with Crippen molar-refractivity contribution in [2.24, 2.45) is 0 Å². The number of carbonyl (C=O) groups is 1. The highest BCUT2D eigenvalue weighted by Crippen LogP contribution is 2.16. The van der Waals surface area contributed by atoms with Gasteiger partial charge >= 0.3 is 0 Å². The minimum Gasteiger partial charge on any atom is -0.288 e. The van der Waals surface area contributed by atoms with Crippen LogP contribution in [0, 0.1) is 19.3 Å². The zero-order chi connectivity index (χ0) is 15.2. The maximum atomic E-state index is 12.2. The summed E-state index contributed by atoms with van der Waals surface area (Å²) in [7, 11) is 0. The predicted molar refractivity (Wildman–Crippen MR) is 77.2 cm³/mol. The van der Waals surface area contributed by atoms with Crippen molar-refractivity contribution in [1.82, 2.24) is 25.5 Å². The Kier molecular flexibility index (Phi) is 4.90. The highest BCUT2D eigenvalue weighted by atomic mass is 16.2. The van der Waals surface area contributed by atoms with Crippen molar-refractivity contribution in [2.45, 2.75) is 32.2 Å². The molecule has 1 fully saturated rings. The number of hydrazine groups is 1. The van der Waals surface area contributed by atoms with Crippen molar-refractivity contribution in [3.05, 3.63) is 16.0 Å². The number of anilines is 1. The molecule has 1 aliphatic rings. The second-order valence-electron chi connectivity index (χ2n) is 4.89. The topological polar surface area (TPSA) is 103 Å². The number of amides is 1. The van der Waals surface area contributed by atoms with Gasteiger partial charge in [-0.25, -0.2) is 0 Å². The van der Waals surface area contributed by atoms with E-state index in [1.165, 1.54) is 0 Å². The lowest BCUT2D eigenvalue weighted by Crippen LogP contribution is -2.51. The van der Waals surface area contributed by atoms with Gasteiger partial charge in [0.1, 0.15) is 5.69 Å². The van der Waals surface area contributed by atoms with E-state index < -0.39 is 0 Å². The van der Waals surface area contributed by atoms with E-state index in [4.69, 9.17) is 6.42 Å². The van der Waals surface area contributed by atoms with Gasteiger partial charge in [0.15, 0.2) is 0 Å². The van der Waals surface area contributed by atoms with Gasteiger partial charge in [0.05, 0.1) is 12.6 Å². The quantitative estimate of drug-likeness (QED) is 0.505. The lowest BCUT2D eigenvalue weighted by atomic mass is 10.0. The van der Waals surface area contributed by atoms with E-state index in [2.05, 4.69) is 32.0 Å². The Morgan fingerprint density at radius 1 is 1.52 bits per heavy atom. The Hall–Kier alpha value is -2.40. The Balaban J connectivity index is 1.95. The average Bonchev–Trinajstić information content (AvgIpc) is 2.49. The van der Waals surface area contributed by atoms with Crippen LogP contribution in [0.4, 0.5) is 5.95 Å². The number of piperidine rings is 1. The minimum absolute atomic E-state index is 0.0956. The Morgan fingerprint density at radius 3 is 3.05 bits per heavy atom. The van der Waals surface area contributed by atoms with Gasteiger partial charge in [0.2, 0.25) is 5.95 Å². The van der Waals surface area contributed by atoms with E-state index in [1.54, 1.807) is 6.92 Å². The molecule has 0 unspecified atom stereocenters. The number of nitrogens with one attached hydrogen (secondary N) is 3. The summed E-state index contributed by atoms with van der Waals surface area (Å²) in [5.74, 6) is 2.46. The molecule has 3 N–H and O–H groups in total. The van der Waals surface area contributed by atoms with Crippen molar-refractivity contribution in [3.63, 3.8) is 0 Å². The fourth-order valence-electron chi connectivity index (χ4n) is 2.25. The standard InChI is InChI=1S/C13H18N6O2/c1-3-7-19-8-5-4-6-10(19)12(21)16-18-13-14-11(20)9(2)15-17-13/h1,10H,4-8H2,2H3,(H,16,21)(H2,14,17,18,20)/t10-/m1/s1. The normalized spacial score (nSPS) is 18.8. The molecule has 0 saturated carbocycles. The molecule has 1 aromatic rings. The van der Waals surface area contributed by atoms with Crippen molar-refractivity contribution in [3.8, 4) is 12.3 Å². The number of nitrogens with zero attached hydrogens (tertiary/aromatic N) is 3. The molecule has 0 bridgehead atoms. The number of H-pyrrole nitrogens is 1. The summed E-state index contributed by atoms with van der Waals surface area (Å²) in [6, 6.07) is -0.271. The Labute approximate surface area is 122 Å². The molecule has 1 saturated heterocycles. The summed E-state index contributed by atoms with van der Waals surface area (Å²) in [5.41, 5.74) is 5.01. The van der Waals surface area contributed by atoms with Crippen LogP contribution in [0.1, 0.15) is 25.0 Å². The number of aromatic amines is 1. The van der Waals surface area contributed by atoms with Crippen LogP contribution in [0.5, 0.6) is 0 Å². The zero-order valence-corrected chi connectivity index (χ0v) is 11.8. The van der Waals surface area contributed by atoms with E-state index in [0.29, 0.717) is 6.54 Å². The zero-order valence-electron chi connectivity index (χ0n) is 11.8. The van der Waals surface area contributed by atoms with Crippen molar-refractivity contribution in [2.75, 3.05) is 18.5 Å². The lowest BCUT2D eigenvalue weighted by molar-refractivity contribution is -0.126. The van der Waals surface area contributed by atoms with Crippen LogP contribution in [0.2, 0.25) is 0 Å². The molecule has 2 rings (SSSR count). The van der Waals surface area contributed by atoms with Crippen molar-refractivity contribution in [1.29, 1.82) is 0 Å². The number of likely N-dealkylation sites (tertiary alicyclic amines) is 1. The average molecular weight is 290 g/mol. The van der Waals surface area contributed by atoms with Gasteiger partial charge in [-0.15, -0.1) is 16.6 Å². The molecule has 8 heteroatoms. The molecule has 0 aromatic carbocycles. The van der Waals surface area contributed by atoms with Gasteiger partial charge in [-0.3, -0.25) is 30.3 Å². The highest BCUT2D eigenvalue weighted by molar-refractivity contribution is 5.82. The summed E-state index contributed by atoms with van der Waals surface area (Å²) in [5, 5.41) is 7.40. The van der Waals surface area contributed by atoms with Crippen LogP contribution in [-0.2, 0) is 4.79 Å². The molecule has 0 radical (unpaired) electrons. The number of aromatic nitrogens is 3. The third-order valence-electron chi connectivity index (χ3n) is 3.38. The molecular formula is C13H18N6O2. The summed E-state index contributed by atoms with van der Waals surface area (Å²) >= 11 is 0. The number of carbonyl (C=O) groups excluding carboxylic acids is 1. The molecule has 1 atom stereocenters. The van der Waals surface area contributed by atoms with Crippen molar-refractivity contribution >= 4 is 11.9 Å². The third kappa shape index (κ3) is 3.79. The summed E-state index contributed by atoms with van der Waals surface area (Å²) in [6.07, 6.45) is 8.10. The number of terminal acetylenes is 1. The maximum Gasteiger partial charge on any atom is 0.274 e. The first-order chi connectivity index (χ1) is 10.1. The van der Waals surface area contributed by atoms with Gasteiger partial charge in [-0.1, -0.05) is 12.3 Å². The van der Waals surface area contributed by atoms with Crippen LogP contribution < -0.4 is 16.4 Å².